The molecule has 2 aromatic carbocycles. The maximum Gasteiger partial charge on any atom is 0.138 e. The summed E-state index contributed by atoms with van der Waals surface area (Å²) < 4.78 is 6.04. The van der Waals surface area contributed by atoms with Crippen LogP contribution < -0.4 is 10.5 Å². The summed E-state index contributed by atoms with van der Waals surface area (Å²) >= 11 is 0. The number of anilines is 1. The molecule has 0 radical (unpaired) electrons. The van der Waals surface area contributed by atoms with Gasteiger partial charge in [-0.05, 0) is 41.8 Å². The van der Waals surface area contributed by atoms with Gasteiger partial charge in [0.15, 0.2) is 0 Å². The highest BCUT2D eigenvalue weighted by Gasteiger charge is 2.07. The van der Waals surface area contributed by atoms with Crippen molar-refractivity contribution in [1.29, 1.82) is 0 Å². The van der Waals surface area contributed by atoms with Crippen LogP contribution in [0.25, 0.3) is 10.9 Å². The first-order chi connectivity index (χ1) is 10.1. The number of hydrogen-bond donors (Lipinski definition) is 1. The molecule has 106 valence electrons. The van der Waals surface area contributed by atoms with Crippen LogP contribution in [-0.2, 0) is 0 Å². The zero-order chi connectivity index (χ0) is 14.8. The van der Waals surface area contributed by atoms with Gasteiger partial charge < -0.3 is 10.5 Å². The zero-order valence-corrected chi connectivity index (χ0v) is 12.2. The molecule has 0 aliphatic rings. The molecule has 0 aliphatic heterocycles. The molecular formula is C18H18N2O. The van der Waals surface area contributed by atoms with Gasteiger partial charge in [-0.2, -0.15) is 0 Å². The van der Waals surface area contributed by atoms with E-state index < -0.39 is 0 Å². The number of hydrogen-bond acceptors (Lipinski definition) is 3. The van der Waals surface area contributed by atoms with Crippen LogP contribution in [0, 0.1) is 0 Å². The highest BCUT2D eigenvalue weighted by Crippen LogP contribution is 2.32. The number of rotatable bonds is 3. The standard InChI is InChI=1S/C18H18N2O/c1-12(2)13-5-3-6-14(11-13)21-17-9-10-20-18-15(17)7-4-8-16(18)19/h3-12H,19H2,1-2H3. The molecule has 3 rings (SSSR count). The molecule has 3 aromatic rings. The van der Waals surface area contributed by atoms with Gasteiger partial charge in [-0.3, -0.25) is 4.98 Å². The topological polar surface area (TPSA) is 48.1 Å². The summed E-state index contributed by atoms with van der Waals surface area (Å²) in [6, 6.07) is 15.8. The average Bonchev–Trinajstić information content (AvgIpc) is 2.49. The Morgan fingerprint density at radius 3 is 2.67 bits per heavy atom. The maximum atomic E-state index is 6.04. The van der Waals surface area contributed by atoms with Crippen LogP contribution in [0.4, 0.5) is 5.69 Å². The second-order valence-corrected chi connectivity index (χ2v) is 5.38. The van der Waals surface area contributed by atoms with E-state index in [9.17, 15) is 0 Å². The molecule has 0 unspecified atom stereocenters. The molecule has 1 aromatic heterocycles. The molecule has 1 heterocycles. The third-order valence-corrected chi connectivity index (χ3v) is 3.51. The molecule has 0 saturated carbocycles. The molecule has 0 bridgehead atoms. The predicted octanol–water partition coefficient (Wildman–Crippen LogP) is 4.73. The number of pyridine rings is 1. The molecule has 0 amide bonds. The largest absolute Gasteiger partial charge is 0.457 e. The van der Waals surface area contributed by atoms with Crippen molar-refractivity contribution in [1.82, 2.24) is 4.98 Å². The van der Waals surface area contributed by atoms with E-state index in [-0.39, 0.29) is 0 Å². The van der Waals surface area contributed by atoms with Crippen molar-refractivity contribution in [3.8, 4) is 11.5 Å². The highest BCUT2D eigenvalue weighted by molar-refractivity contribution is 5.93. The molecule has 3 heteroatoms. The lowest BCUT2D eigenvalue weighted by molar-refractivity contribution is 0.487. The Balaban J connectivity index is 2.02. The SMILES string of the molecule is CC(C)c1cccc(Oc2ccnc3c(N)cccc23)c1. The monoisotopic (exact) mass is 278 g/mol. The van der Waals surface area contributed by atoms with Gasteiger partial charge in [0.1, 0.15) is 11.5 Å². The third kappa shape index (κ3) is 2.68. The molecule has 0 aliphatic carbocycles. The molecule has 0 saturated heterocycles. The minimum atomic E-state index is 0.471. The minimum absolute atomic E-state index is 0.471. The van der Waals surface area contributed by atoms with Gasteiger partial charge in [0, 0.05) is 11.6 Å². The molecule has 0 spiro atoms. The summed E-state index contributed by atoms with van der Waals surface area (Å²) in [5.74, 6) is 2.07. The second kappa shape index (κ2) is 5.44. The lowest BCUT2D eigenvalue weighted by Gasteiger charge is -2.11. The van der Waals surface area contributed by atoms with E-state index in [4.69, 9.17) is 10.5 Å². The third-order valence-electron chi connectivity index (χ3n) is 3.51. The Morgan fingerprint density at radius 1 is 1.05 bits per heavy atom. The van der Waals surface area contributed by atoms with E-state index in [2.05, 4.69) is 31.0 Å². The number of nitrogens with two attached hydrogens (primary N) is 1. The number of ether oxygens (including phenoxy) is 1. The number of benzene rings is 2. The van der Waals surface area contributed by atoms with E-state index >= 15 is 0 Å². The maximum absolute atomic E-state index is 6.04. The van der Waals surface area contributed by atoms with Crippen molar-refractivity contribution in [2.24, 2.45) is 0 Å². The van der Waals surface area contributed by atoms with Crippen LogP contribution in [0.15, 0.2) is 54.7 Å². The summed E-state index contributed by atoms with van der Waals surface area (Å²) in [4.78, 5) is 4.32. The predicted molar refractivity (Wildman–Crippen MR) is 86.8 cm³/mol. The fourth-order valence-electron chi connectivity index (χ4n) is 2.33. The number of nitrogens with zero attached hydrogens (tertiary/aromatic N) is 1. The van der Waals surface area contributed by atoms with Crippen molar-refractivity contribution in [3.63, 3.8) is 0 Å². The van der Waals surface area contributed by atoms with Crippen molar-refractivity contribution < 1.29 is 4.74 Å². The lowest BCUT2D eigenvalue weighted by Crippen LogP contribution is -1.93. The van der Waals surface area contributed by atoms with Crippen LogP contribution in [0.5, 0.6) is 11.5 Å². The molecular weight excluding hydrogens is 260 g/mol. The lowest BCUT2D eigenvalue weighted by atomic mass is 10.0. The molecule has 3 nitrogen and oxygen atoms in total. The van der Waals surface area contributed by atoms with E-state index in [0.717, 1.165) is 22.4 Å². The van der Waals surface area contributed by atoms with E-state index in [1.807, 2.05) is 36.4 Å². The smallest absolute Gasteiger partial charge is 0.138 e. The van der Waals surface area contributed by atoms with Crippen molar-refractivity contribution >= 4 is 16.6 Å². The average molecular weight is 278 g/mol. The number of nitrogen functional groups attached to an aromatic ring is 1. The van der Waals surface area contributed by atoms with Crippen LogP contribution in [-0.4, -0.2) is 4.98 Å². The summed E-state index contributed by atoms with van der Waals surface area (Å²) in [6.07, 6.45) is 1.72. The Kier molecular flexibility index (Phi) is 3.48. The van der Waals surface area contributed by atoms with Gasteiger partial charge in [-0.15, -0.1) is 0 Å². The quantitative estimate of drug-likeness (QED) is 0.704. The van der Waals surface area contributed by atoms with Crippen LogP contribution in [0.3, 0.4) is 0 Å². The van der Waals surface area contributed by atoms with Gasteiger partial charge in [0.2, 0.25) is 0 Å². The van der Waals surface area contributed by atoms with E-state index in [1.165, 1.54) is 5.56 Å². The number of aromatic nitrogens is 1. The van der Waals surface area contributed by atoms with Crippen molar-refractivity contribution in [2.45, 2.75) is 19.8 Å². The first-order valence-electron chi connectivity index (χ1n) is 7.06. The Hall–Kier alpha value is -2.55. The van der Waals surface area contributed by atoms with Gasteiger partial charge in [0.25, 0.3) is 0 Å². The molecule has 0 fully saturated rings. The van der Waals surface area contributed by atoms with Gasteiger partial charge >= 0.3 is 0 Å². The number of fused-ring (bicyclic) bond motifs is 1. The van der Waals surface area contributed by atoms with Crippen LogP contribution >= 0.6 is 0 Å². The van der Waals surface area contributed by atoms with Gasteiger partial charge in [-0.25, -0.2) is 0 Å². The Bertz CT molecular complexity index is 781. The fraction of sp³-hybridized carbons (Fsp3) is 0.167. The van der Waals surface area contributed by atoms with Gasteiger partial charge in [0.05, 0.1) is 11.2 Å². The summed E-state index contributed by atoms with van der Waals surface area (Å²) in [7, 11) is 0. The molecule has 2 N–H and O–H groups in total. The normalized spacial score (nSPS) is 11.0. The van der Waals surface area contributed by atoms with E-state index in [0.29, 0.717) is 11.6 Å². The van der Waals surface area contributed by atoms with Gasteiger partial charge in [-0.1, -0.05) is 32.0 Å². The van der Waals surface area contributed by atoms with Crippen molar-refractivity contribution in [3.05, 3.63) is 60.3 Å². The first kappa shape index (κ1) is 13.4. The van der Waals surface area contributed by atoms with Crippen LogP contribution in [0.2, 0.25) is 0 Å². The zero-order valence-electron chi connectivity index (χ0n) is 12.2. The Labute approximate surface area is 124 Å². The van der Waals surface area contributed by atoms with Crippen LogP contribution in [0.1, 0.15) is 25.3 Å². The Morgan fingerprint density at radius 2 is 1.86 bits per heavy atom. The minimum Gasteiger partial charge on any atom is -0.457 e. The summed E-state index contributed by atoms with van der Waals surface area (Å²) in [5, 5.41) is 0.924. The molecule has 21 heavy (non-hydrogen) atoms. The summed E-state index contributed by atoms with van der Waals surface area (Å²) in [6.45, 7) is 4.34. The van der Waals surface area contributed by atoms with E-state index in [1.54, 1.807) is 6.20 Å². The second-order valence-electron chi connectivity index (χ2n) is 5.38. The first-order valence-corrected chi connectivity index (χ1v) is 7.06. The summed E-state index contributed by atoms with van der Waals surface area (Å²) in [5.41, 5.74) is 8.65. The number of para-hydroxylation sites is 1. The highest BCUT2D eigenvalue weighted by atomic mass is 16.5. The van der Waals surface area contributed by atoms with Crippen molar-refractivity contribution in [2.75, 3.05) is 5.73 Å². The molecule has 0 atom stereocenters. The fourth-order valence-corrected chi connectivity index (χ4v) is 2.33.